The topological polar surface area (TPSA) is 298 Å². The molecule has 2 aromatic heterocycles. The minimum absolute atomic E-state index is 0. The SMILES string of the molecule is CCCCCCCCCCCCN(CCO)CCO.Cc1[n-]n(-c2ccccc2)c(=O)c1N=Nc1cc([N+](=O)[O-])ccc1[O-].Cc1[n-]n(-c2ccccc2)c(=O)c1N=Nc1ccc([N+](=O)[O-])cc1[O-].[Cr+3].[H+]. The van der Waals surface area contributed by atoms with E-state index in [1.54, 1.807) is 62.4 Å². The van der Waals surface area contributed by atoms with Crippen LogP contribution in [0.3, 0.4) is 0 Å². The molecule has 6 aromatic rings. The molecule has 6 rings (SSSR count). The van der Waals surface area contributed by atoms with Crippen molar-refractivity contribution in [1.82, 2.24) is 24.5 Å². The minimum atomic E-state index is -0.674. The summed E-state index contributed by atoms with van der Waals surface area (Å²) in [6.07, 6.45) is 13.5. The third-order valence-corrected chi connectivity index (χ3v) is 10.5. The first-order chi connectivity index (χ1) is 33.3. The van der Waals surface area contributed by atoms with Gasteiger partial charge in [-0.3, -0.25) is 34.7 Å². The number of aromatic nitrogens is 4. The van der Waals surface area contributed by atoms with Gasteiger partial charge in [-0.25, -0.2) is 0 Å². The van der Waals surface area contributed by atoms with Crippen LogP contribution in [0.1, 0.15) is 83.9 Å². The van der Waals surface area contributed by atoms with Crippen LogP contribution < -0.4 is 31.5 Å². The number of aryl methyl sites for hydroxylation is 2. The number of azo groups is 2. The van der Waals surface area contributed by atoms with Gasteiger partial charge in [-0.05, 0) is 43.3 Å². The second-order valence-electron chi connectivity index (χ2n) is 15.7. The first kappa shape index (κ1) is 57.2. The molecule has 0 aliphatic rings. The molecule has 2 heterocycles. The van der Waals surface area contributed by atoms with E-state index < -0.39 is 32.5 Å². The molecule has 0 bridgehead atoms. The molecule has 70 heavy (non-hydrogen) atoms. The molecule has 0 spiro atoms. The molecule has 0 saturated carbocycles. The molecule has 371 valence electrons. The summed E-state index contributed by atoms with van der Waals surface area (Å²) < 4.78 is 2.37. The van der Waals surface area contributed by atoms with Gasteiger partial charge < -0.3 is 40.0 Å². The van der Waals surface area contributed by atoms with Gasteiger partial charge >= 0.3 is 18.8 Å². The number of hydrogen-bond acceptors (Lipinski definition) is 15. The summed E-state index contributed by atoms with van der Waals surface area (Å²) in [4.78, 5) is 47.1. The van der Waals surface area contributed by atoms with Crippen molar-refractivity contribution in [2.45, 2.75) is 85.0 Å². The van der Waals surface area contributed by atoms with Crippen molar-refractivity contribution in [2.24, 2.45) is 20.5 Å². The molecule has 0 aliphatic heterocycles. The van der Waals surface area contributed by atoms with Gasteiger partial charge in [0.15, 0.2) is 0 Å². The predicted molar refractivity (Wildman–Crippen MR) is 257 cm³/mol. The van der Waals surface area contributed by atoms with Crippen LogP contribution in [-0.4, -0.2) is 67.2 Å². The third-order valence-electron chi connectivity index (χ3n) is 10.5. The second kappa shape index (κ2) is 30.4. The number of nitro benzene ring substituents is 2. The quantitative estimate of drug-likeness (QED) is 0.0264. The minimum Gasteiger partial charge on any atom is -0.871 e. The summed E-state index contributed by atoms with van der Waals surface area (Å²) in [6, 6.07) is 23.9. The summed E-state index contributed by atoms with van der Waals surface area (Å²) in [5.41, 5.74) is -0.105. The third kappa shape index (κ3) is 17.8. The summed E-state index contributed by atoms with van der Waals surface area (Å²) in [5.74, 6) is -1.19. The van der Waals surface area contributed by atoms with E-state index in [0.29, 0.717) is 35.9 Å². The maximum absolute atomic E-state index is 12.4. The van der Waals surface area contributed by atoms with Gasteiger partial charge in [0.1, 0.15) is 11.4 Å². The molecular formula is C48H58CrN11O10. The maximum Gasteiger partial charge on any atom is 3.00 e. The monoisotopic (exact) mass is 1000 g/mol. The van der Waals surface area contributed by atoms with Crippen molar-refractivity contribution in [3.05, 3.63) is 149 Å². The van der Waals surface area contributed by atoms with Crippen molar-refractivity contribution in [2.75, 3.05) is 32.8 Å². The Morgan fingerprint density at radius 3 is 1.44 bits per heavy atom. The average Bonchev–Trinajstić information content (AvgIpc) is 3.80. The average molecular weight is 1000 g/mol. The van der Waals surface area contributed by atoms with Crippen molar-refractivity contribution < 1.29 is 49.1 Å². The number of rotatable bonds is 23. The zero-order valence-corrected chi connectivity index (χ0v) is 40.6. The van der Waals surface area contributed by atoms with Gasteiger partial charge in [-0.15, -0.1) is 21.6 Å². The number of nitrogens with zero attached hydrogens (tertiary/aromatic N) is 11. The van der Waals surface area contributed by atoms with Crippen molar-refractivity contribution in [3.63, 3.8) is 0 Å². The molecular weight excluding hydrogens is 943 g/mol. The summed E-state index contributed by atoms with van der Waals surface area (Å²) in [7, 11) is 0. The van der Waals surface area contributed by atoms with E-state index in [4.69, 9.17) is 10.2 Å². The molecule has 0 aliphatic carbocycles. The predicted octanol–water partition coefficient (Wildman–Crippen LogP) is 8.30. The smallest absolute Gasteiger partial charge is 0.871 e. The van der Waals surface area contributed by atoms with E-state index in [1.165, 1.54) is 79.6 Å². The molecule has 0 fully saturated rings. The van der Waals surface area contributed by atoms with Gasteiger partial charge in [0, 0.05) is 48.7 Å². The Morgan fingerprint density at radius 2 is 1.00 bits per heavy atom. The van der Waals surface area contributed by atoms with E-state index >= 15 is 0 Å². The largest absolute Gasteiger partial charge is 3.00 e. The summed E-state index contributed by atoms with van der Waals surface area (Å²) in [6.45, 7) is 8.23. The van der Waals surface area contributed by atoms with E-state index in [-0.39, 0.29) is 66.1 Å². The first-order valence-electron chi connectivity index (χ1n) is 22.6. The number of nitro groups is 2. The fourth-order valence-electron chi connectivity index (χ4n) is 6.76. The molecule has 0 unspecified atom stereocenters. The van der Waals surface area contributed by atoms with Crippen LogP contribution in [-0.2, 0) is 17.4 Å². The first-order valence-corrected chi connectivity index (χ1v) is 22.6. The Morgan fingerprint density at radius 1 is 0.571 bits per heavy atom. The molecule has 4 aromatic carbocycles. The number of aliphatic hydroxyl groups excluding tert-OH is 2. The van der Waals surface area contributed by atoms with Crippen molar-refractivity contribution in [3.8, 4) is 22.9 Å². The number of aliphatic hydroxyl groups is 2. The number of hydrogen-bond donors (Lipinski definition) is 2. The molecule has 2 N–H and O–H groups in total. The fourth-order valence-corrected chi connectivity index (χ4v) is 6.76. The Hall–Kier alpha value is -7.09. The van der Waals surface area contributed by atoms with Crippen LogP contribution in [0.25, 0.3) is 11.4 Å². The van der Waals surface area contributed by atoms with E-state index in [9.17, 15) is 40.0 Å². The Labute approximate surface area is 416 Å². The maximum atomic E-state index is 12.4. The Bertz CT molecular complexity index is 2720. The van der Waals surface area contributed by atoms with Crippen molar-refractivity contribution >= 4 is 34.1 Å². The molecule has 0 saturated heterocycles. The van der Waals surface area contributed by atoms with Crippen LogP contribution in [0.15, 0.2) is 127 Å². The van der Waals surface area contributed by atoms with Crippen LogP contribution in [0, 0.1) is 34.1 Å². The summed E-state index contributed by atoms with van der Waals surface area (Å²) >= 11 is 0. The molecule has 0 atom stereocenters. The van der Waals surface area contributed by atoms with Gasteiger partial charge in [0.05, 0.1) is 34.4 Å². The van der Waals surface area contributed by atoms with E-state index in [0.717, 1.165) is 36.9 Å². The molecule has 1 radical (unpaired) electrons. The van der Waals surface area contributed by atoms with Gasteiger partial charge in [0.2, 0.25) is 0 Å². The number of para-hydroxylation sites is 2. The van der Waals surface area contributed by atoms with Crippen LogP contribution in [0.5, 0.6) is 11.5 Å². The van der Waals surface area contributed by atoms with Crippen LogP contribution >= 0.6 is 0 Å². The van der Waals surface area contributed by atoms with Gasteiger partial charge in [0.25, 0.3) is 22.5 Å². The number of unbranched alkanes of at least 4 members (excludes halogenated alkanes) is 9. The molecule has 0 amide bonds. The Kier molecular flexibility index (Phi) is 24.9. The van der Waals surface area contributed by atoms with Crippen LogP contribution in [0.4, 0.5) is 34.1 Å². The van der Waals surface area contributed by atoms with Gasteiger partial charge in [-0.2, -0.15) is 10.2 Å². The van der Waals surface area contributed by atoms with Gasteiger partial charge in [-0.1, -0.05) is 133 Å². The van der Waals surface area contributed by atoms with Crippen molar-refractivity contribution in [1.29, 1.82) is 0 Å². The summed E-state index contributed by atoms with van der Waals surface area (Å²) in [5, 5.41) is 86.1. The molecule has 22 heteroatoms. The number of non-ortho nitro benzene ring substituents is 2. The second-order valence-corrected chi connectivity index (χ2v) is 15.7. The van der Waals surface area contributed by atoms with E-state index in [1.807, 2.05) is 12.1 Å². The standard InChI is InChI=1S/2C16H13N5O4.C16H35NO2.Cr/c1-10-15(16(23)20(19-10)11-5-3-2-4-6-11)18-17-13-9-12(21(24)25)7-8-14(13)22;1-10-15(16(23)20(19-10)11-5-3-2-4-6-11)18-17-13-8-7-12(21(24)25)9-14(13)22;1-2-3-4-5-6-7-8-9-10-11-12-17(13-15-18)14-16-19;/h2*2-9H,1H3,(H2,17,18,19,22,23);18-19H,2-16H2,1H3;/q;;;+3/p-3. The van der Waals surface area contributed by atoms with Crippen LogP contribution in [0.2, 0.25) is 0 Å². The normalized spacial score (nSPS) is 11.0. The number of benzene rings is 4. The van der Waals surface area contributed by atoms with E-state index in [2.05, 4.69) is 42.5 Å². The zero-order valence-electron chi connectivity index (χ0n) is 40.3. The molecule has 21 nitrogen and oxygen atoms in total. The zero-order chi connectivity index (χ0) is 50.1. The Balaban J connectivity index is 0.000000365. The fraction of sp³-hybridized carbons (Fsp3) is 0.375.